The second-order valence-corrected chi connectivity index (χ2v) is 7.23. The number of carbonyl (C=O) groups is 2. The predicted octanol–water partition coefficient (Wildman–Crippen LogP) is 2.81. The van der Waals surface area contributed by atoms with Crippen molar-refractivity contribution in [1.82, 2.24) is 20.0 Å². The lowest BCUT2D eigenvalue weighted by molar-refractivity contribution is -0.136. The molecule has 0 saturated carbocycles. The van der Waals surface area contributed by atoms with Crippen molar-refractivity contribution in [3.8, 4) is 0 Å². The van der Waals surface area contributed by atoms with E-state index in [1.54, 1.807) is 16.8 Å². The number of nitrogens with one attached hydrogen (secondary N) is 1. The fraction of sp³-hybridized carbons (Fsp3) is 0.476. The molecule has 28 heavy (non-hydrogen) atoms. The molecule has 150 valence electrons. The Morgan fingerprint density at radius 1 is 1.21 bits per heavy atom. The fourth-order valence-corrected chi connectivity index (χ4v) is 3.73. The monoisotopic (exact) mass is 386 g/mol. The van der Waals surface area contributed by atoms with Crippen LogP contribution in [0.25, 0.3) is 0 Å². The van der Waals surface area contributed by atoms with E-state index in [-0.39, 0.29) is 23.5 Å². The zero-order valence-corrected chi connectivity index (χ0v) is 16.7. The molecule has 1 aliphatic rings. The third kappa shape index (κ3) is 4.08. The average molecular weight is 386 g/mol. The van der Waals surface area contributed by atoms with E-state index in [9.17, 15) is 14.0 Å². The fourth-order valence-electron chi connectivity index (χ4n) is 3.73. The minimum Gasteiger partial charge on any atom is -0.347 e. The van der Waals surface area contributed by atoms with Crippen LogP contribution in [-0.2, 0) is 31.4 Å². The van der Waals surface area contributed by atoms with E-state index in [4.69, 9.17) is 0 Å². The van der Waals surface area contributed by atoms with Crippen LogP contribution in [0.3, 0.4) is 0 Å². The van der Waals surface area contributed by atoms with Crippen LogP contribution in [0.2, 0.25) is 0 Å². The van der Waals surface area contributed by atoms with Crippen molar-refractivity contribution in [3.05, 3.63) is 52.6 Å². The predicted molar refractivity (Wildman–Crippen MR) is 104 cm³/mol. The highest BCUT2D eigenvalue weighted by Gasteiger charge is 2.31. The smallest absolute Gasteiger partial charge is 0.272 e. The maximum atomic E-state index is 13.0. The van der Waals surface area contributed by atoms with E-state index in [0.29, 0.717) is 31.7 Å². The van der Waals surface area contributed by atoms with Gasteiger partial charge in [0.05, 0.1) is 0 Å². The molecular weight excluding hydrogens is 359 g/mol. The summed E-state index contributed by atoms with van der Waals surface area (Å²) in [6.07, 6.45) is 2.32. The summed E-state index contributed by atoms with van der Waals surface area (Å²) in [4.78, 5) is 27.3. The molecule has 2 aromatic rings. The summed E-state index contributed by atoms with van der Waals surface area (Å²) in [5.41, 5.74) is 3.00. The SMILES string of the molecule is CCC(CC)C(=O)N1CCc2c(c(C(=O)NCc3ccc(F)cc3)nn2C)C1. The molecule has 1 aliphatic heterocycles. The quantitative estimate of drug-likeness (QED) is 0.830. The Balaban J connectivity index is 1.74. The second-order valence-electron chi connectivity index (χ2n) is 7.23. The number of aromatic nitrogens is 2. The van der Waals surface area contributed by atoms with Crippen LogP contribution in [-0.4, -0.2) is 33.0 Å². The van der Waals surface area contributed by atoms with Gasteiger partial charge >= 0.3 is 0 Å². The summed E-state index contributed by atoms with van der Waals surface area (Å²) in [5, 5.41) is 7.25. The molecule has 2 heterocycles. The molecule has 0 saturated heterocycles. The minimum atomic E-state index is -0.309. The van der Waals surface area contributed by atoms with E-state index in [2.05, 4.69) is 10.4 Å². The molecule has 3 rings (SSSR count). The van der Waals surface area contributed by atoms with Gasteiger partial charge in [-0.2, -0.15) is 5.10 Å². The van der Waals surface area contributed by atoms with Gasteiger partial charge in [-0.3, -0.25) is 14.3 Å². The first-order valence-corrected chi connectivity index (χ1v) is 9.80. The average Bonchev–Trinajstić information content (AvgIpc) is 3.04. The molecule has 0 aliphatic carbocycles. The normalized spacial score (nSPS) is 13.5. The molecule has 0 atom stereocenters. The van der Waals surface area contributed by atoms with E-state index in [1.165, 1.54) is 12.1 Å². The number of amides is 2. The van der Waals surface area contributed by atoms with E-state index < -0.39 is 0 Å². The lowest BCUT2D eigenvalue weighted by atomic mass is 9.98. The first-order chi connectivity index (χ1) is 13.4. The Bertz CT molecular complexity index is 856. The molecule has 2 amide bonds. The third-order valence-corrected chi connectivity index (χ3v) is 5.47. The standard InChI is InChI=1S/C21H27FN4O2/c1-4-15(5-2)21(28)26-11-10-18-17(13-26)19(24-25(18)3)20(27)23-12-14-6-8-16(22)9-7-14/h6-9,15H,4-5,10-13H2,1-3H3,(H,23,27). The Morgan fingerprint density at radius 2 is 1.89 bits per heavy atom. The van der Waals surface area contributed by atoms with Gasteiger partial charge in [-0.15, -0.1) is 0 Å². The lowest BCUT2D eigenvalue weighted by Gasteiger charge is -2.30. The molecular formula is C21H27FN4O2. The molecule has 0 spiro atoms. The van der Waals surface area contributed by atoms with E-state index >= 15 is 0 Å². The zero-order chi connectivity index (χ0) is 20.3. The van der Waals surface area contributed by atoms with Crippen LogP contribution in [0.15, 0.2) is 24.3 Å². The molecule has 6 nitrogen and oxygen atoms in total. The first kappa shape index (κ1) is 20.0. The Hall–Kier alpha value is -2.70. The van der Waals surface area contributed by atoms with Crippen molar-refractivity contribution in [2.75, 3.05) is 6.54 Å². The van der Waals surface area contributed by atoms with Gasteiger partial charge in [-0.1, -0.05) is 26.0 Å². The Kier molecular flexibility index (Phi) is 6.11. The van der Waals surface area contributed by atoms with Crippen LogP contribution >= 0.6 is 0 Å². The summed E-state index contributed by atoms with van der Waals surface area (Å²) >= 11 is 0. The molecule has 7 heteroatoms. The maximum Gasteiger partial charge on any atom is 0.272 e. The van der Waals surface area contributed by atoms with Crippen LogP contribution in [0, 0.1) is 11.7 Å². The number of carbonyl (C=O) groups excluding carboxylic acids is 2. The highest BCUT2D eigenvalue weighted by atomic mass is 19.1. The number of fused-ring (bicyclic) bond motifs is 1. The number of benzene rings is 1. The van der Waals surface area contributed by atoms with Gasteiger partial charge in [-0.25, -0.2) is 4.39 Å². The number of hydrogen-bond acceptors (Lipinski definition) is 3. The van der Waals surface area contributed by atoms with Crippen molar-refractivity contribution >= 4 is 11.8 Å². The molecule has 0 radical (unpaired) electrons. The van der Waals surface area contributed by atoms with Gasteiger partial charge < -0.3 is 10.2 Å². The van der Waals surface area contributed by atoms with Crippen LogP contribution < -0.4 is 5.32 Å². The largest absolute Gasteiger partial charge is 0.347 e. The zero-order valence-electron chi connectivity index (χ0n) is 16.7. The summed E-state index contributed by atoms with van der Waals surface area (Å²) in [7, 11) is 1.83. The molecule has 0 bridgehead atoms. The Labute approximate surface area is 164 Å². The third-order valence-electron chi connectivity index (χ3n) is 5.47. The topological polar surface area (TPSA) is 67.2 Å². The Morgan fingerprint density at radius 3 is 2.54 bits per heavy atom. The molecule has 0 fully saturated rings. The molecule has 1 N–H and O–H groups in total. The van der Waals surface area contributed by atoms with Crippen LogP contribution in [0.4, 0.5) is 4.39 Å². The number of nitrogens with zero attached hydrogens (tertiary/aromatic N) is 3. The summed E-state index contributed by atoms with van der Waals surface area (Å²) in [6, 6.07) is 6.01. The van der Waals surface area contributed by atoms with E-state index in [1.807, 2.05) is 25.8 Å². The van der Waals surface area contributed by atoms with Crippen LogP contribution in [0.5, 0.6) is 0 Å². The number of rotatable bonds is 6. The highest BCUT2D eigenvalue weighted by Crippen LogP contribution is 2.24. The number of hydrogen-bond donors (Lipinski definition) is 1. The maximum absolute atomic E-state index is 13.0. The van der Waals surface area contributed by atoms with Crippen molar-refractivity contribution in [3.63, 3.8) is 0 Å². The van der Waals surface area contributed by atoms with Crippen molar-refractivity contribution < 1.29 is 14.0 Å². The minimum absolute atomic E-state index is 0.0222. The highest BCUT2D eigenvalue weighted by molar-refractivity contribution is 5.94. The summed E-state index contributed by atoms with van der Waals surface area (Å²) in [6.45, 7) is 5.41. The number of aryl methyl sites for hydroxylation is 1. The van der Waals surface area contributed by atoms with Gasteiger partial charge in [0.25, 0.3) is 5.91 Å². The van der Waals surface area contributed by atoms with E-state index in [0.717, 1.165) is 29.7 Å². The lowest BCUT2D eigenvalue weighted by Crippen LogP contribution is -2.40. The van der Waals surface area contributed by atoms with Crippen molar-refractivity contribution in [1.29, 1.82) is 0 Å². The van der Waals surface area contributed by atoms with Gasteiger partial charge in [0.1, 0.15) is 5.82 Å². The molecule has 0 unspecified atom stereocenters. The van der Waals surface area contributed by atoms with Crippen molar-refractivity contribution in [2.45, 2.75) is 46.2 Å². The van der Waals surface area contributed by atoms with Gasteiger partial charge in [0.15, 0.2) is 5.69 Å². The van der Waals surface area contributed by atoms with Gasteiger partial charge in [-0.05, 0) is 30.5 Å². The summed E-state index contributed by atoms with van der Waals surface area (Å²) < 4.78 is 14.8. The summed E-state index contributed by atoms with van der Waals surface area (Å²) in [5.74, 6) is -0.416. The second kappa shape index (κ2) is 8.54. The van der Waals surface area contributed by atoms with Gasteiger partial charge in [0.2, 0.25) is 5.91 Å². The van der Waals surface area contributed by atoms with Crippen molar-refractivity contribution in [2.24, 2.45) is 13.0 Å². The molecule has 1 aromatic carbocycles. The van der Waals surface area contributed by atoms with Gasteiger partial charge in [0, 0.05) is 50.3 Å². The molecule has 1 aromatic heterocycles. The number of halogens is 1. The first-order valence-electron chi connectivity index (χ1n) is 9.80. The van der Waals surface area contributed by atoms with Crippen LogP contribution in [0.1, 0.15) is 54.0 Å².